The summed E-state index contributed by atoms with van der Waals surface area (Å²) >= 11 is 0. The van der Waals surface area contributed by atoms with Crippen LogP contribution >= 0.6 is 0 Å². The average molecular weight is 228 g/mol. The Bertz CT molecular complexity index is 520. The van der Waals surface area contributed by atoms with Crippen LogP contribution in [0.1, 0.15) is 36.7 Å². The highest BCUT2D eigenvalue weighted by Crippen LogP contribution is 2.21. The molecule has 17 heavy (non-hydrogen) atoms. The van der Waals surface area contributed by atoms with E-state index in [1.54, 1.807) is 18.5 Å². The summed E-state index contributed by atoms with van der Waals surface area (Å²) in [4.78, 5) is 17.4. The number of nitrogens with zero attached hydrogens (tertiary/aromatic N) is 4. The maximum absolute atomic E-state index is 4.57. The third kappa shape index (κ3) is 2.30. The van der Waals surface area contributed by atoms with Crippen LogP contribution in [0.2, 0.25) is 0 Å². The molecule has 0 unspecified atom stereocenters. The quantitative estimate of drug-likeness (QED) is 0.793. The Balaban J connectivity index is 2.57. The summed E-state index contributed by atoms with van der Waals surface area (Å²) in [5, 5.41) is 0. The van der Waals surface area contributed by atoms with E-state index in [2.05, 4.69) is 40.7 Å². The van der Waals surface area contributed by atoms with Crippen LogP contribution in [0, 0.1) is 13.8 Å². The van der Waals surface area contributed by atoms with Crippen molar-refractivity contribution in [3.05, 3.63) is 35.4 Å². The van der Waals surface area contributed by atoms with Gasteiger partial charge < -0.3 is 0 Å². The van der Waals surface area contributed by atoms with Crippen LogP contribution in [0.4, 0.5) is 0 Å². The molecule has 2 heterocycles. The van der Waals surface area contributed by atoms with Gasteiger partial charge in [0.2, 0.25) is 0 Å². The van der Waals surface area contributed by atoms with Crippen LogP contribution in [0.15, 0.2) is 18.5 Å². The van der Waals surface area contributed by atoms with Gasteiger partial charge in [0, 0.05) is 18.1 Å². The van der Waals surface area contributed by atoms with Gasteiger partial charge in [0.05, 0.1) is 5.69 Å². The predicted octanol–water partition coefficient (Wildman–Crippen LogP) is 2.67. The zero-order valence-electron chi connectivity index (χ0n) is 10.6. The largest absolute Gasteiger partial charge is 0.234 e. The van der Waals surface area contributed by atoms with Gasteiger partial charge in [0.1, 0.15) is 0 Å². The average Bonchev–Trinajstić information content (AvgIpc) is 2.33. The molecule has 0 saturated heterocycles. The van der Waals surface area contributed by atoms with Crippen LogP contribution in [0.25, 0.3) is 11.6 Å². The monoisotopic (exact) mass is 228 g/mol. The van der Waals surface area contributed by atoms with Gasteiger partial charge in [-0.1, -0.05) is 13.8 Å². The van der Waals surface area contributed by atoms with Crippen molar-refractivity contribution in [2.24, 2.45) is 0 Å². The Morgan fingerprint density at radius 1 is 0.941 bits per heavy atom. The first-order chi connectivity index (χ1) is 8.09. The van der Waals surface area contributed by atoms with Crippen molar-refractivity contribution in [2.45, 2.75) is 33.6 Å². The van der Waals surface area contributed by atoms with Crippen molar-refractivity contribution in [3.63, 3.8) is 0 Å². The Hall–Kier alpha value is -1.84. The molecule has 0 fully saturated rings. The first kappa shape index (κ1) is 11.6. The van der Waals surface area contributed by atoms with E-state index in [0.717, 1.165) is 17.0 Å². The molecule has 0 aromatic carbocycles. The minimum absolute atomic E-state index is 0.374. The van der Waals surface area contributed by atoms with E-state index >= 15 is 0 Å². The van der Waals surface area contributed by atoms with E-state index in [1.165, 1.54) is 0 Å². The molecule has 4 nitrogen and oxygen atoms in total. The molecule has 2 aromatic heterocycles. The lowest BCUT2D eigenvalue weighted by Crippen LogP contribution is -2.05. The van der Waals surface area contributed by atoms with Crippen molar-refractivity contribution in [1.82, 2.24) is 19.9 Å². The fourth-order valence-corrected chi connectivity index (χ4v) is 1.73. The van der Waals surface area contributed by atoms with E-state index in [1.807, 2.05) is 6.92 Å². The second-order valence-corrected chi connectivity index (χ2v) is 4.37. The Morgan fingerprint density at radius 3 is 2.18 bits per heavy atom. The van der Waals surface area contributed by atoms with Crippen molar-refractivity contribution >= 4 is 0 Å². The summed E-state index contributed by atoms with van der Waals surface area (Å²) in [5.41, 5.74) is 3.21. The molecule has 0 atom stereocenters. The van der Waals surface area contributed by atoms with Crippen LogP contribution in [-0.4, -0.2) is 19.9 Å². The normalized spacial score (nSPS) is 10.9. The molecule has 0 radical (unpaired) electrons. The zero-order valence-corrected chi connectivity index (χ0v) is 10.6. The molecule has 88 valence electrons. The van der Waals surface area contributed by atoms with Crippen molar-refractivity contribution in [1.29, 1.82) is 0 Å². The molecule has 0 aliphatic carbocycles. The lowest BCUT2D eigenvalue weighted by Gasteiger charge is -2.12. The number of rotatable bonds is 2. The molecular weight excluding hydrogens is 212 g/mol. The van der Waals surface area contributed by atoms with Crippen molar-refractivity contribution in [3.8, 4) is 11.6 Å². The first-order valence-corrected chi connectivity index (χ1v) is 5.72. The maximum atomic E-state index is 4.57. The molecule has 0 amide bonds. The minimum atomic E-state index is 0.374. The summed E-state index contributed by atoms with van der Waals surface area (Å²) in [6.45, 7) is 8.31. The summed E-state index contributed by atoms with van der Waals surface area (Å²) in [6.07, 6.45) is 3.41. The molecule has 0 aliphatic heterocycles. The van der Waals surface area contributed by atoms with Gasteiger partial charge in [-0.3, -0.25) is 0 Å². The Kier molecular flexibility index (Phi) is 3.13. The molecule has 0 bridgehead atoms. The highest BCUT2D eigenvalue weighted by molar-refractivity contribution is 5.45. The third-order valence-corrected chi connectivity index (χ3v) is 2.74. The summed E-state index contributed by atoms with van der Waals surface area (Å²) in [6, 6.07) is 1.79. The topological polar surface area (TPSA) is 51.6 Å². The first-order valence-electron chi connectivity index (χ1n) is 5.72. The molecule has 0 aliphatic rings. The molecule has 0 saturated carbocycles. The Morgan fingerprint density at radius 2 is 1.59 bits per heavy atom. The number of aryl methyl sites for hydroxylation is 1. The highest BCUT2D eigenvalue weighted by Gasteiger charge is 2.13. The van der Waals surface area contributed by atoms with Crippen LogP contribution in [0.5, 0.6) is 0 Å². The van der Waals surface area contributed by atoms with Gasteiger partial charge in [-0.05, 0) is 31.4 Å². The maximum Gasteiger partial charge on any atom is 0.198 e. The van der Waals surface area contributed by atoms with Gasteiger partial charge in [0.25, 0.3) is 0 Å². The van der Waals surface area contributed by atoms with Crippen LogP contribution in [0.3, 0.4) is 0 Å². The molecule has 0 spiro atoms. The lowest BCUT2D eigenvalue weighted by atomic mass is 10.0. The summed E-state index contributed by atoms with van der Waals surface area (Å²) < 4.78 is 0. The molecule has 2 aromatic rings. The molecular formula is C13H16N4. The fourth-order valence-electron chi connectivity index (χ4n) is 1.73. The van der Waals surface area contributed by atoms with Gasteiger partial charge >= 0.3 is 0 Å². The molecule has 0 N–H and O–H groups in total. The van der Waals surface area contributed by atoms with E-state index < -0.39 is 0 Å². The summed E-state index contributed by atoms with van der Waals surface area (Å²) in [7, 11) is 0. The number of hydrogen-bond acceptors (Lipinski definition) is 4. The minimum Gasteiger partial charge on any atom is -0.234 e. The second-order valence-electron chi connectivity index (χ2n) is 4.37. The van der Waals surface area contributed by atoms with E-state index in [4.69, 9.17) is 0 Å². The highest BCUT2D eigenvalue weighted by atomic mass is 15.0. The predicted molar refractivity (Wildman–Crippen MR) is 66.6 cm³/mol. The van der Waals surface area contributed by atoms with Gasteiger partial charge in [-0.25, -0.2) is 19.9 Å². The van der Waals surface area contributed by atoms with E-state index in [-0.39, 0.29) is 0 Å². The third-order valence-electron chi connectivity index (χ3n) is 2.74. The smallest absolute Gasteiger partial charge is 0.198 e. The van der Waals surface area contributed by atoms with E-state index in [0.29, 0.717) is 17.6 Å². The lowest BCUT2D eigenvalue weighted by molar-refractivity contribution is 0.795. The second kappa shape index (κ2) is 4.57. The molecule has 4 heteroatoms. The van der Waals surface area contributed by atoms with Gasteiger partial charge in [-0.2, -0.15) is 0 Å². The van der Waals surface area contributed by atoms with Crippen LogP contribution < -0.4 is 0 Å². The van der Waals surface area contributed by atoms with Crippen molar-refractivity contribution < 1.29 is 0 Å². The number of aromatic nitrogens is 4. The standard InChI is InChI=1S/C13H16N4/c1-8(2)11-9(3)10(4)16-13(17-11)12-14-6-5-7-15-12/h5-8H,1-4H3. The summed E-state index contributed by atoms with van der Waals surface area (Å²) in [5.74, 6) is 1.56. The molecule has 2 rings (SSSR count). The van der Waals surface area contributed by atoms with Gasteiger partial charge in [0.15, 0.2) is 11.6 Å². The van der Waals surface area contributed by atoms with Gasteiger partial charge in [-0.15, -0.1) is 0 Å². The number of hydrogen-bond donors (Lipinski definition) is 0. The zero-order chi connectivity index (χ0) is 12.4. The SMILES string of the molecule is Cc1nc(-c2ncccn2)nc(C(C)C)c1C. The van der Waals surface area contributed by atoms with Crippen LogP contribution in [-0.2, 0) is 0 Å². The Labute approximate surface area is 101 Å². The van der Waals surface area contributed by atoms with E-state index in [9.17, 15) is 0 Å². The fraction of sp³-hybridized carbons (Fsp3) is 0.385. The van der Waals surface area contributed by atoms with Crippen molar-refractivity contribution in [2.75, 3.05) is 0 Å².